The summed E-state index contributed by atoms with van der Waals surface area (Å²) in [4.78, 5) is 28.3. The quantitative estimate of drug-likeness (QED) is 0.641. The zero-order valence-corrected chi connectivity index (χ0v) is 15.8. The van der Waals surface area contributed by atoms with Crippen molar-refractivity contribution in [2.24, 2.45) is 0 Å². The van der Waals surface area contributed by atoms with Crippen LogP contribution in [0, 0.1) is 0 Å². The van der Waals surface area contributed by atoms with E-state index >= 15 is 0 Å². The van der Waals surface area contributed by atoms with Gasteiger partial charge in [-0.3, -0.25) is 14.9 Å². The number of amides is 2. The summed E-state index contributed by atoms with van der Waals surface area (Å²) in [5.74, 6) is -0.406. The fourth-order valence-corrected chi connectivity index (χ4v) is 3.68. The first-order chi connectivity index (χ1) is 14.0. The largest absolute Gasteiger partial charge is 0.435 e. The third-order valence-corrected chi connectivity index (χ3v) is 5.12. The van der Waals surface area contributed by atoms with Gasteiger partial charge in [-0.2, -0.15) is 8.78 Å². The molecule has 0 unspecified atom stereocenters. The molecule has 2 heterocycles. The monoisotopic (exact) mass is 415 g/mol. The van der Waals surface area contributed by atoms with Crippen LogP contribution in [0.5, 0.6) is 5.75 Å². The number of ether oxygens (including phenoxy) is 1. The molecule has 148 valence electrons. The summed E-state index contributed by atoms with van der Waals surface area (Å²) in [5, 5.41) is 7.79. The van der Waals surface area contributed by atoms with Crippen molar-refractivity contribution in [3.63, 3.8) is 0 Å². The van der Waals surface area contributed by atoms with Crippen LogP contribution in [0.2, 0.25) is 0 Å². The number of hydrogen-bond donors (Lipinski definition) is 2. The molecule has 1 aliphatic heterocycles. The smallest absolute Gasteiger partial charge is 0.387 e. The Morgan fingerprint density at radius 2 is 1.97 bits per heavy atom. The van der Waals surface area contributed by atoms with Gasteiger partial charge in [-0.25, -0.2) is 4.98 Å². The maximum absolute atomic E-state index is 12.3. The molecule has 9 heteroatoms. The van der Waals surface area contributed by atoms with Gasteiger partial charge in [-0.15, -0.1) is 11.3 Å². The highest BCUT2D eigenvalue weighted by molar-refractivity contribution is 7.14. The van der Waals surface area contributed by atoms with Crippen molar-refractivity contribution >= 4 is 34.0 Å². The summed E-state index contributed by atoms with van der Waals surface area (Å²) in [5.41, 5.74) is 3.77. The van der Waals surface area contributed by atoms with Crippen molar-refractivity contribution in [1.82, 2.24) is 4.98 Å². The van der Waals surface area contributed by atoms with Gasteiger partial charge in [0, 0.05) is 28.6 Å². The van der Waals surface area contributed by atoms with Gasteiger partial charge in [-0.05, 0) is 48.4 Å². The third kappa shape index (κ3) is 4.40. The van der Waals surface area contributed by atoms with Crippen molar-refractivity contribution in [3.8, 4) is 17.0 Å². The second-order valence-corrected chi connectivity index (χ2v) is 7.17. The molecule has 0 bridgehead atoms. The van der Waals surface area contributed by atoms with Crippen LogP contribution in [0.3, 0.4) is 0 Å². The van der Waals surface area contributed by atoms with Gasteiger partial charge < -0.3 is 10.1 Å². The standard InChI is InChI=1S/C20H15F2N3O3S/c21-19(22)28-14-5-1-11(2-6-14)18(27)25-20-24-16(10-29-20)13-3-7-15-12(9-13)4-8-17(26)23-15/h1-3,5-7,9-10,19H,4,8H2,(H,23,26)(H,24,25,27). The first kappa shape index (κ1) is 19.0. The molecule has 1 aliphatic rings. The summed E-state index contributed by atoms with van der Waals surface area (Å²) in [6.45, 7) is -2.91. The van der Waals surface area contributed by atoms with Crippen molar-refractivity contribution < 1.29 is 23.1 Å². The Kier molecular flexibility index (Phi) is 5.22. The Balaban J connectivity index is 1.45. The molecule has 0 atom stereocenters. The zero-order valence-electron chi connectivity index (χ0n) is 14.9. The van der Waals surface area contributed by atoms with Crippen molar-refractivity contribution in [2.75, 3.05) is 10.6 Å². The van der Waals surface area contributed by atoms with Crippen LogP contribution in [-0.4, -0.2) is 23.4 Å². The molecule has 0 spiro atoms. The SMILES string of the molecule is O=C1CCc2cc(-c3csc(NC(=O)c4ccc(OC(F)F)cc4)n3)ccc2N1. The molecule has 2 amide bonds. The fraction of sp³-hybridized carbons (Fsp3) is 0.150. The Morgan fingerprint density at radius 1 is 1.17 bits per heavy atom. The van der Waals surface area contributed by atoms with Gasteiger partial charge >= 0.3 is 6.61 Å². The number of alkyl halides is 2. The number of halogens is 2. The van der Waals surface area contributed by atoms with Gasteiger partial charge in [-0.1, -0.05) is 6.07 Å². The Hall–Kier alpha value is -3.33. The van der Waals surface area contributed by atoms with Gasteiger partial charge in [0.2, 0.25) is 5.91 Å². The molecular weight excluding hydrogens is 400 g/mol. The molecule has 3 aromatic rings. The number of benzene rings is 2. The summed E-state index contributed by atoms with van der Waals surface area (Å²) >= 11 is 1.28. The van der Waals surface area contributed by atoms with E-state index in [1.165, 1.54) is 35.6 Å². The van der Waals surface area contributed by atoms with Crippen molar-refractivity contribution in [3.05, 3.63) is 59.0 Å². The maximum Gasteiger partial charge on any atom is 0.387 e. The summed E-state index contributed by atoms with van der Waals surface area (Å²) in [6.07, 6.45) is 1.13. The van der Waals surface area contributed by atoms with Gasteiger partial charge in [0.1, 0.15) is 5.75 Å². The number of carbonyl (C=O) groups is 2. The number of fused-ring (bicyclic) bond motifs is 1. The van der Waals surface area contributed by atoms with E-state index in [2.05, 4.69) is 20.4 Å². The lowest BCUT2D eigenvalue weighted by Crippen LogP contribution is -2.18. The summed E-state index contributed by atoms with van der Waals surface area (Å²) in [6, 6.07) is 11.1. The topological polar surface area (TPSA) is 80.3 Å². The molecule has 2 aromatic carbocycles. The molecule has 1 aromatic heterocycles. The predicted molar refractivity (Wildman–Crippen MR) is 106 cm³/mol. The predicted octanol–water partition coefficient (Wildman–Crippen LogP) is 4.55. The average molecular weight is 415 g/mol. The highest BCUT2D eigenvalue weighted by Gasteiger charge is 2.16. The van der Waals surface area contributed by atoms with Crippen LogP contribution in [0.1, 0.15) is 22.3 Å². The number of hydrogen-bond acceptors (Lipinski definition) is 5. The van der Waals surface area contributed by atoms with E-state index in [0.717, 1.165) is 16.8 Å². The van der Waals surface area contributed by atoms with Gasteiger partial charge in [0.15, 0.2) is 5.13 Å². The number of thiazole rings is 1. The third-order valence-electron chi connectivity index (χ3n) is 4.36. The van der Waals surface area contributed by atoms with Crippen LogP contribution in [0.15, 0.2) is 47.8 Å². The molecule has 29 heavy (non-hydrogen) atoms. The van der Waals surface area contributed by atoms with E-state index < -0.39 is 12.5 Å². The zero-order chi connectivity index (χ0) is 20.4. The second kappa shape index (κ2) is 7.96. The Labute approximate surface area is 168 Å². The van der Waals surface area contributed by atoms with E-state index in [0.29, 0.717) is 29.2 Å². The Bertz CT molecular complexity index is 1070. The lowest BCUT2D eigenvalue weighted by Gasteiger charge is -2.17. The molecule has 6 nitrogen and oxygen atoms in total. The molecule has 0 saturated heterocycles. The number of aromatic nitrogens is 1. The lowest BCUT2D eigenvalue weighted by molar-refractivity contribution is -0.116. The van der Waals surface area contributed by atoms with Crippen LogP contribution in [0.25, 0.3) is 11.3 Å². The second-order valence-electron chi connectivity index (χ2n) is 6.32. The highest BCUT2D eigenvalue weighted by atomic mass is 32.1. The van der Waals surface area contributed by atoms with Gasteiger partial charge in [0.25, 0.3) is 5.91 Å². The molecule has 0 aliphatic carbocycles. The molecule has 4 rings (SSSR count). The minimum Gasteiger partial charge on any atom is -0.435 e. The Morgan fingerprint density at radius 3 is 2.72 bits per heavy atom. The molecule has 0 fully saturated rings. The number of nitrogens with zero attached hydrogens (tertiary/aromatic N) is 1. The summed E-state index contributed by atoms with van der Waals surface area (Å²) in [7, 11) is 0. The first-order valence-corrected chi connectivity index (χ1v) is 9.61. The van der Waals surface area contributed by atoms with E-state index in [9.17, 15) is 18.4 Å². The maximum atomic E-state index is 12.3. The molecule has 0 saturated carbocycles. The molecular formula is C20H15F2N3O3S. The van der Waals surface area contributed by atoms with Gasteiger partial charge in [0.05, 0.1) is 5.69 Å². The fourth-order valence-electron chi connectivity index (χ4n) is 2.96. The highest BCUT2D eigenvalue weighted by Crippen LogP contribution is 2.30. The van der Waals surface area contributed by atoms with E-state index in [4.69, 9.17) is 0 Å². The minimum atomic E-state index is -2.91. The minimum absolute atomic E-state index is 0.0118. The molecule has 2 N–H and O–H groups in total. The first-order valence-electron chi connectivity index (χ1n) is 8.73. The summed E-state index contributed by atoms with van der Waals surface area (Å²) < 4.78 is 28.7. The van der Waals surface area contributed by atoms with Crippen LogP contribution >= 0.6 is 11.3 Å². The van der Waals surface area contributed by atoms with Crippen LogP contribution < -0.4 is 15.4 Å². The molecule has 0 radical (unpaired) electrons. The van der Waals surface area contributed by atoms with Crippen LogP contribution in [-0.2, 0) is 11.2 Å². The number of carbonyl (C=O) groups excluding carboxylic acids is 2. The van der Waals surface area contributed by atoms with Crippen molar-refractivity contribution in [1.29, 1.82) is 0 Å². The van der Waals surface area contributed by atoms with Crippen LogP contribution in [0.4, 0.5) is 19.6 Å². The average Bonchev–Trinajstić information content (AvgIpc) is 3.16. The normalized spacial score (nSPS) is 13.0. The lowest BCUT2D eigenvalue weighted by atomic mass is 9.99. The number of aryl methyl sites for hydroxylation is 1. The number of anilines is 2. The van der Waals surface area contributed by atoms with E-state index in [1.54, 1.807) is 0 Å². The number of rotatable bonds is 5. The van der Waals surface area contributed by atoms with E-state index in [1.807, 2.05) is 23.6 Å². The van der Waals surface area contributed by atoms with Crippen molar-refractivity contribution in [2.45, 2.75) is 19.5 Å². The number of nitrogens with one attached hydrogen (secondary N) is 2. The van der Waals surface area contributed by atoms with E-state index in [-0.39, 0.29) is 11.7 Å².